The fraction of sp³-hybridized carbons (Fsp3) is 0.160. The van der Waals surface area contributed by atoms with Crippen LogP contribution >= 0.6 is 11.3 Å². The number of carbonyl (C=O) groups is 3. The summed E-state index contributed by atoms with van der Waals surface area (Å²) in [6.07, 6.45) is 1.45. The number of benzene rings is 2. The summed E-state index contributed by atoms with van der Waals surface area (Å²) in [5.41, 5.74) is 4.05. The first kappa shape index (κ1) is 23.0. The summed E-state index contributed by atoms with van der Waals surface area (Å²) >= 11 is 1.23. The number of ether oxygens (including phenoxy) is 1. The van der Waals surface area contributed by atoms with Gasteiger partial charge in [0.1, 0.15) is 10.6 Å². The van der Waals surface area contributed by atoms with Crippen LogP contribution in [0.25, 0.3) is 11.1 Å². The molecular formula is C25H24N2O4S. The van der Waals surface area contributed by atoms with Crippen molar-refractivity contribution in [2.24, 2.45) is 0 Å². The molecule has 2 amide bonds. The molecule has 0 aliphatic rings. The normalized spacial score (nSPS) is 10.2. The molecule has 0 unspecified atom stereocenters. The van der Waals surface area contributed by atoms with E-state index in [1.807, 2.05) is 69.3 Å². The van der Waals surface area contributed by atoms with Crippen LogP contribution in [0, 0.1) is 6.92 Å². The zero-order valence-electron chi connectivity index (χ0n) is 18.1. The number of carbonyl (C=O) groups excluding carboxylic acids is 3. The van der Waals surface area contributed by atoms with Crippen molar-refractivity contribution in [3.63, 3.8) is 0 Å². The minimum atomic E-state index is -0.683. The van der Waals surface area contributed by atoms with Crippen LogP contribution < -0.4 is 10.6 Å². The van der Waals surface area contributed by atoms with Gasteiger partial charge in [-0.1, -0.05) is 54.1 Å². The van der Waals surface area contributed by atoms with Gasteiger partial charge in [0.25, 0.3) is 5.91 Å². The molecule has 0 saturated heterocycles. The molecular weight excluding hydrogens is 424 g/mol. The van der Waals surface area contributed by atoms with Crippen molar-refractivity contribution in [1.29, 1.82) is 0 Å². The maximum Gasteiger partial charge on any atom is 0.342 e. The van der Waals surface area contributed by atoms with Crippen LogP contribution in [0.3, 0.4) is 0 Å². The highest BCUT2D eigenvalue weighted by atomic mass is 32.1. The van der Waals surface area contributed by atoms with Crippen molar-refractivity contribution in [2.75, 3.05) is 17.2 Å². The number of nitrogens with one attached hydrogen (secondary N) is 2. The van der Waals surface area contributed by atoms with E-state index in [2.05, 4.69) is 10.6 Å². The van der Waals surface area contributed by atoms with Crippen molar-refractivity contribution in [3.05, 3.63) is 82.8 Å². The molecule has 0 radical (unpaired) electrons. The van der Waals surface area contributed by atoms with E-state index in [-0.39, 0.29) is 11.5 Å². The number of rotatable bonds is 7. The average molecular weight is 449 g/mol. The molecule has 1 heterocycles. The molecule has 0 bridgehead atoms. The third kappa shape index (κ3) is 5.92. The van der Waals surface area contributed by atoms with Crippen LogP contribution in [0.15, 0.2) is 71.6 Å². The number of hydrogen-bond acceptors (Lipinski definition) is 5. The first-order valence-corrected chi connectivity index (χ1v) is 10.9. The van der Waals surface area contributed by atoms with Gasteiger partial charge in [-0.05, 0) is 38.0 Å². The summed E-state index contributed by atoms with van der Waals surface area (Å²) in [5.74, 6) is -1.46. The van der Waals surface area contributed by atoms with E-state index in [0.29, 0.717) is 16.3 Å². The molecule has 0 saturated carbocycles. The zero-order chi connectivity index (χ0) is 23.1. The molecule has 164 valence electrons. The SMILES string of the molecule is CC(C)=CC(=O)Nc1scc(-c2ccccc2)c1C(=O)OCC(=O)Nc1ccccc1C. The third-order valence-electron chi connectivity index (χ3n) is 4.49. The smallest absolute Gasteiger partial charge is 0.342 e. The lowest BCUT2D eigenvalue weighted by atomic mass is 10.0. The Morgan fingerprint density at radius 3 is 2.34 bits per heavy atom. The van der Waals surface area contributed by atoms with Gasteiger partial charge in [-0.15, -0.1) is 11.3 Å². The summed E-state index contributed by atoms with van der Waals surface area (Å²) in [7, 11) is 0. The van der Waals surface area contributed by atoms with Crippen LogP contribution in [0.2, 0.25) is 0 Å². The number of amides is 2. The largest absolute Gasteiger partial charge is 0.452 e. The van der Waals surface area contributed by atoms with Crippen LogP contribution in [0.4, 0.5) is 10.7 Å². The lowest BCUT2D eigenvalue weighted by molar-refractivity contribution is -0.119. The Morgan fingerprint density at radius 2 is 1.66 bits per heavy atom. The van der Waals surface area contributed by atoms with E-state index >= 15 is 0 Å². The molecule has 0 aliphatic heterocycles. The van der Waals surface area contributed by atoms with Crippen molar-refractivity contribution < 1.29 is 19.1 Å². The minimum absolute atomic E-state index is 0.223. The number of esters is 1. The van der Waals surface area contributed by atoms with Crippen molar-refractivity contribution in [1.82, 2.24) is 0 Å². The number of hydrogen-bond donors (Lipinski definition) is 2. The monoisotopic (exact) mass is 448 g/mol. The lowest BCUT2D eigenvalue weighted by Crippen LogP contribution is -2.22. The Hall–Kier alpha value is -3.71. The molecule has 32 heavy (non-hydrogen) atoms. The summed E-state index contributed by atoms with van der Waals surface area (Å²) in [5, 5.41) is 7.64. The highest BCUT2D eigenvalue weighted by molar-refractivity contribution is 7.15. The fourth-order valence-corrected chi connectivity index (χ4v) is 3.96. The minimum Gasteiger partial charge on any atom is -0.452 e. The molecule has 0 spiro atoms. The molecule has 1 aromatic heterocycles. The van der Waals surface area contributed by atoms with Crippen LogP contribution in [0.5, 0.6) is 0 Å². The van der Waals surface area contributed by atoms with Gasteiger partial charge in [0, 0.05) is 22.7 Å². The van der Waals surface area contributed by atoms with Crippen molar-refractivity contribution in [2.45, 2.75) is 20.8 Å². The Morgan fingerprint density at radius 1 is 0.969 bits per heavy atom. The van der Waals surface area contributed by atoms with Gasteiger partial charge in [0.15, 0.2) is 6.61 Å². The average Bonchev–Trinajstić information content (AvgIpc) is 3.17. The van der Waals surface area contributed by atoms with Crippen molar-refractivity contribution >= 4 is 39.8 Å². The van der Waals surface area contributed by atoms with E-state index in [9.17, 15) is 14.4 Å². The second-order valence-electron chi connectivity index (χ2n) is 7.37. The van der Waals surface area contributed by atoms with E-state index in [1.54, 1.807) is 11.4 Å². The highest BCUT2D eigenvalue weighted by Gasteiger charge is 2.23. The second kappa shape index (κ2) is 10.5. The van der Waals surface area contributed by atoms with E-state index < -0.39 is 18.5 Å². The van der Waals surface area contributed by atoms with Crippen LogP contribution in [-0.2, 0) is 14.3 Å². The first-order chi connectivity index (χ1) is 15.3. The quantitative estimate of drug-likeness (QED) is 0.373. The maximum absolute atomic E-state index is 13.0. The Labute approximate surface area is 190 Å². The number of thiophene rings is 1. The summed E-state index contributed by atoms with van der Waals surface area (Å²) in [6.45, 7) is 5.05. The Kier molecular flexibility index (Phi) is 7.57. The van der Waals surface area contributed by atoms with Crippen molar-refractivity contribution in [3.8, 4) is 11.1 Å². The molecule has 0 atom stereocenters. The van der Waals surface area contributed by atoms with Gasteiger partial charge >= 0.3 is 5.97 Å². The van der Waals surface area contributed by atoms with E-state index in [1.165, 1.54) is 17.4 Å². The number of allylic oxidation sites excluding steroid dienone is 1. The predicted molar refractivity (Wildman–Crippen MR) is 128 cm³/mol. The topological polar surface area (TPSA) is 84.5 Å². The van der Waals surface area contributed by atoms with E-state index in [4.69, 9.17) is 4.74 Å². The number of anilines is 2. The number of para-hydroxylation sites is 1. The summed E-state index contributed by atoms with van der Waals surface area (Å²) in [6, 6.07) is 16.7. The molecule has 0 fully saturated rings. The highest BCUT2D eigenvalue weighted by Crippen LogP contribution is 2.36. The predicted octanol–water partition coefficient (Wildman–Crippen LogP) is 5.42. The van der Waals surface area contributed by atoms with Gasteiger partial charge in [-0.25, -0.2) is 4.79 Å². The maximum atomic E-state index is 13.0. The first-order valence-electron chi connectivity index (χ1n) is 10.0. The standard InChI is InChI=1S/C25H24N2O4S/c1-16(2)13-21(28)27-24-23(19(15-32-24)18-10-5-4-6-11-18)25(30)31-14-22(29)26-20-12-8-7-9-17(20)3/h4-13,15H,14H2,1-3H3,(H,26,29)(H,27,28). The van der Waals surface area contributed by atoms with Gasteiger partial charge in [-0.3, -0.25) is 9.59 Å². The molecule has 0 aliphatic carbocycles. The summed E-state index contributed by atoms with van der Waals surface area (Å²) < 4.78 is 5.31. The number of aryl methyl sites for hydroxylation is 1. The fourth-order valence-electron chi connectivity index (χ4n) is 3.00. The third-order valence-corrected chi connectivity index (χ3v) is 5.39. The van der Waals surface area contributed by atoms with Crippen LogP contribution in [-0.4, -0.2) is 24.4 Å². The zero-order valence-corrected chi connectivity index (χ0v) is 18.9. The Bertz CT molecular complexity index is 1160. The molecule has 3 aromatic rings. The molecule has 6 nitrogen and oxygen atoms in total. The van der Waals surface area contributed by atoms with Gasteiger partial charge < -0.3 is 15.4 Å². The van der Waals surface area contributed by atoms with E-state index in [0.717, 1.165) is 16.7 Å². The summed E-state index contributed by atoms with van der Waals surface area (Å²) in [4.78, 5) is 37.5. The van der Waals surface area contributed by atoms with Gasteiger partial charge in [0.2, 0.25) is 5.91 Å². The lowest BCUT2D eigenvalue weighted by Gasteiger charge is -2.11. The second-order valence-corrected chi connectivity index (χ2v) is 8.25. The van der Waals surface area contributed by atoms with Gasteiger partial charge in [0.05, 0.1) is 0 Å². The van der Waals surface area contributed by atoms with Crippen LogP contribution in [0.1, 0.15) is 29.8 Å². The molecule has 3 rings (SSSR count). The molecule has 2 aromatic carbocycles. The van der Waals surface area contributed by atoms with Gasteiger partial charge in [-0.2, -0.15) is 0 Å². The molecule has 7 heteroatoms. The Balaban J connectivity index is 1.80. The molecule has 2 N–H and O–H groups in total.